The first-order chi connectivity index (χ1) is 6.61. The summed E-state index contributed by atoms with van der Waals surface area (Å²) in [5.41, 5.74) is 0.806. The van der Waals surface area contributed by atoms with Crippen LogP contribution in [0.3, 0.4) is 0 Å². The number of rotatable bonds is 4. The lowest BCUT2D eigenvalue weighted by atomic mass is 10.1. The molecular weight excluding hydrogens is 198 g/mol. The van der Waals surface area contributed by atoms with Gasteiger partial charge >= 0.3 is 0 Å². The molecule has 14 heavy (non-hydrogen) atoms. The number of benzene rings is 1. The van der Waals surface area contributed by atoms with Gasteiger partial charge in [-0.15, -0.1) is 4.72 Å². The molecule has 0 heterocycles. The average Bonchev–Trinajstić information content (AvgIpc) is 2.20. The van der Waals surface area contributed by atoms with Crippen molar-refractivity contribution in [1.29, 1.82) is 0 Å². The van der Waals surface area contributed by atoms with Gasteiger partial charge in [0, 0.05) is 7.05 Å². The minimum atomic E-state index is -3.34. The molecule has 1 atom stereocenters. The van der Waals surface area contributed by atoms with Crippen molar-refractivity contribution in [2.75, 3.05) is 7.05 Å². The van der Waals surface area contributed by atoms with Gasteiger partial charge in [0.2, 0.25) is 10.0 Å². The fourth-order valence-electron chi connectivity index (χ4n) is 1.41. The second-order valence-electron chi connectivity index (χ2n) is 3.01. The van der Waals surface area contributed by atoms with Crippen LogP contribution < -0.4 is 4.72 Å². The highest BCUT2D eigenvalue weighted by molar-refractivity contribution is 7.89. The molecule has 1 rings (SSSR count). The van der Waals surface area contributed by atoms with E-state index in [9.17, 15) is 8.42 Å². The van der Waals surface area contributed by atoms with Gasteiger partial charge in [-0.3, -0.25) is 0 Å². The molecule has 0 aromatic heterocycles. The third-order valence-electron chi connectivity index (χ3n) is 2.16. The Bertz CT molecular complexity index is 372. The van der Waals surface area contributed by atoms with Gasteiger partial charge in [-0.1, -0.05) is 37.3 Å². The Morgan fingerprint density at radius 2 is 1.86 bits per heavy atom. The van der Waals surface area contributed by atoms with Crippen molar-refractivity contribution in [1.82, 2.24) is 4.72 Å². The molecule has 1 unspecified atom stereocenters. The molecule has 1 aromatic rings. The predicted octanol–water partition coefficient (Wildman–Crippen LogP) is 1.70. The summed E-state index contributed by atoms with van der Waals surface area (Å²) in [5.74, 6) is 0. The maximum absolute atomic E-state index is 11.6. The maximum atomic E-state index is 11.6. The second-order valence-corrected chi connectivity index (χ2v) is 4.97. The van der Waals surface area contributed by atoms with Crippen LogP contribution in [0.4, 0.5) is 0 Å². The number of sulfonamides is 1. The largest absolute Gasteiger partial charge is 0.234 e. The van der Waals surface area contributed by atoms with Crippen molar-refractivity contribution >= 4 is 10.0 Å². The van der Waals surface area contributed by atoms with Crippen molar-refractivity contribution < 1.29 is 8.42 Å². The van der Waals surface area contributed by atoms with Crippen molar-refractivity contribution in [2.45, 2.75) is 18.6 Å². The molecule has 0 bridgehead atoms. The van der Waals surface area contributed by atoms with Crippen molar-refractivity contribution in [3.63, 3.8) is 0 Å². The van der Waals surface area contributed by atoms with Gasteiger partial charge in [-0.25, -0.2) is 8.42 Å². The average molecular weight is 212 g/mol. The van der Waals surface area contributed by atoms with E-state index in [1.54, 1.807) is 0 Å². The topological polar surface area (TPSA) is 48.2 Å². The minimum Gasteiger partial charge on any atom is -0.210 e. The molecule has 3 nitrogen and oxygen atoms in total. The molecule has 1 radical (unpaired) electrons. The van der Waals surface area contributed by atoms with Crippen LogP contribution in [0.15, 0.2) is 30.3 Å². The summed E-state index contributed by atoms with van der Waals surface area (Å²) in [6.07, 6.45) is 0.545. The van der Waals surface area contributed by atoms with E-state index < -0.39 is 15.3 Å². The van der Waals surface area contributed by atoms with Crippen LogP contribution in [0.5, 0.6) is 0 Å². The van der Waals surface area contributed by atoms with Crippen molar-refractivity contribution in [2.24, 2.45) is 0 Å². The van der Waals surface area contributed by atoms with Crippen LogP contribution in [0.1, 0.15) is 24.2 Å². The first kappa shape index (κ1) is 11.2. The molecule has 0 saturated heterocycles. The quantitative estimate of drug-likeness (QED) is 0.762. The Morgan fingerprint density at radius 3 is 2.29 bits per heavy atom. The Balaban J connectivity index is 3.06. The molecule has 0 spiro atoms. The van der Waals surface area contributed by atoms with Gasteiger partial charge in [0.15, 0.2) is 0 Å². The Kier molecular flexibility index (Phi) is 3.66. The van der Waals surface area contributed by atoms with E-state index in [0.717, 1.165) is 5.56 Å². The Labute approximate surface area is 85.2 Å². The SMILES string of the molecule is CCC(c1ccccc1)S(=O)(=O)[N]C. The van der Waals surface area contributed by atoms with Crippen LogP contribution in [0.25, 0.3) is 0 Å². The molecule has 1 aromatic carbocycles. The standard InChI is InChI=1S/C10H14NO2S/c1-3-10(14(12,13)11-2)9-7-5-4-6-8-9/h4-8,10H,3H2,1-2H3. The van der Waals surface area contributed by atoms with Crippen LogP contribution in [-0.4, -0.2) is 15.5 Å². The number of hydrogen-bond acceptors (Lipinski definition) is 2. The number of hydrogen-bond donors (Lipinski definition) is 0. The minimum absolute atomic E-state index is 0.506. The summed E-state index contributed by atoms with van der Waals surface area (Å²) < 4.78 is 26.6. The maximum Gasteiger partial charge on any atom is 0.234 e. The molecule has 4 heteroatoms. The third-order valence-corrected chi connectivity index (χ3v) is 3.99. The van der Waals surface area contributed by atoms with Crippen molar-refractivity contribution in [3.8, 4) is 0 Å². The van der Waals surface area contributed by atoms with E-state index in [1.165, 1.54) is 7.05 Å². The zero-order valence-corrected chi connectivity index (χ0v) is 9.16. The highest BCUT2D eigenvalue weighted by Gasteiger charge is 2.24. The van der Waals surface area contributed by atoms with E-state index in [4.69, 9.17) is 0 Å². The third kappa shape index (κ3) is 2.33. The summed E-state index contributed by atoms with van der Waals surface area (Å²) in [5, 5.41) is -0.506. The molecule has 77 valence electrons. The molecule has 0 aliphatic rings. The van der Waals surface area contributed by atoms with Crippen LogP contribution in [0, 0.1) is 0 Å². The normalized spacial score (nSPS) is 13.9. The fraction of sp³-hybridized carbons (Fsp3) is 0.400. The highest BCUT2D eigenvalue weighted by Crippen LogP contribution is 2.24. The Morgan fingerprint density at radius 1 is 1.29 bits per heavy atom. The lowest BCUT2D eigenvalue weighted by Gasteiger charge is -2.13. The molecule has 0 amide bonds. The van der Waals surface area contributed by atoms with Gasteiger partial charge in [-0.2, -0.15) is 0 Å². The van der Waals surface area contributed by atoms with Crippen LogP contribution in [-0.2, 0) is 10.0 Å². The molecular formula is C10H14NO2S. The van der Waals surface area contributed by atoms with Gasteiger partial charge < -0.3 is 0 Å². The van der Waals surface area contributed by atoms with Crippen molar-refractivity contribution in [3.05, 3.63) is 35.9 Å². The van der Waals surface area contributed by atoms with E-state index in [0.29, 0.717) is 6.42 Å². The first-order valence-corrected chi connectivity index (χ1v) is 6.02. The fourth-order valence-corrected chi connectivity index (χ4v) is 2.59. The lowest BCUT2D eigenvalue weighted by Crippen LogP contribution is -2.20. The summed E-state index contributed by atoms with van der Waals surface area (Å²) in [6.45, 7) is 1.85. The summed E-state index contributed by atoms with van der Waals surface area (Å²) in [7, 11) is -2.02. The van der Waals surface area contributed by atoms with E-state index in [1.807, 2.05) is 37.3 Å². The monoisotopic (exact) mass is 212 g/mol. The molecule has 0 saturated carbocycles. The summed E-state index contributed by atoms with van der Waals surface area (Å²) in [6, 6.07) is 9.17. The second kappa shape index (κ2) is 4.57. The molecule has 0 fully saturated rings. The highest BCUT2D eigenvalue weighted by atomic mass is 32.2. The first-order valence-electron chi connectivity index (χ1n) is 4.51. The van der Waals surface area contributed by atoms with E-state index in [2.05, 4.69) is 4.72 Å². The lowest BCUT2D eigenvalue weighted by molar-refractivity contribution is 0.569. The van der Waals surface area contributed by atoms with Gasteiger partial charge in [0.25, 0.3) is 0 Å². The van der Waals surface area contributed by atoms with Crippen LogP contribution in [0.2, 0.25) is 0 Å². The molecule has 0 aliphatic heterocycles. The number of nitrogens with zero attached hydrogens (tertiary/aromatic N) is 1. The zero-order valence-electron chi connectivity index (χ0n) is 8.34. The Hall–Kier alpha value is -0.870. The summed E-state index contributed by atoms with van der Waals surface area (Å²) in [4.78, 5) is 0. The van der Waals surface area contributed by atoms with E-state index in [-0.39, 0.29) is 0 Å². The van der Waals surface area contributed by atoms with Gasteiger partial charge in [0.05, 0.1) is 0 Å². The summed E-state index contributed by atoms with van der Waals surface area (Å²) >= 11 is 0. The van der Waals surface area contributed by atoms with E-state index >= 15 is 0 Å². The van der Waals surface area contributed by atoms with Crippen LogP contribution >= 0.6 is 0 Å². The molecule has 0 N–H and O–H groups in total. The predicted molar refractivity (Wildman–Crippen MR) is 56.5 cm³/mol. The van der Waals surface area contributed by atoms with Gasteiger partial charge in [0.1, 0.15) is 5.25 Å². The zero-order chi connectivity index (χ0) is 10.6. The van der Waals surface area contributed by atoms with Gasteiger partial charge in [-0.05, 0) is 12.0 Å². The smallest absolute Gasteiger partial charge is 0.210 e. The molecule has 0 aliphatic carbocycles.